The molecule has 0 aliphatic heterocycles. The Kier molecular flexibility index (Phi) is 4.58. The third kappa shape index (κ3) is 3.44. The third-order valence-electron chi connectivity index (χ3n) is 8.06. The lowest BCUT2D eigenvalue weighted by molar-refractivity contribution is 0.633. The van der Waals surface area contributed by atoms with E-state index in [1.165, 1.54) is 11.1 Å². The number of fused-ring (bicyclic) bond motifs is 8. The number of hydrogen-bond donors (Lipinski definition) is 0. The topological polar surface area (TPSA) is 43.6 Å². The van der Waals surface area contributed by atoms with Gasteiger partial charge in [-0.15, -0.1) is 0 Å². The summed E-state index contributed by atoms with van der Waals surface area (Å²) in [4.78, 5) is 4.76. The molecule has 0 saturated heterocycles. The molecule has 0 fully saturated rings. The molecule has 9 rings (SSSR count). The van der Waals surface area contributed by atoms with Crippen LogP contribution < -0.4 is 0 Å². The van der Waals surface area contributed by atoms with E-state index in [4.69, 9.17) is 13.8 Å². The van der Waals surface area contributed by atoms with Crippen LogP contribution in [0, 0.1) is 0 Å². The molecule has 4 nitrogen and oxygen atoms in total. The summed E-state index contributed by atoms with van der Waals surface area (Å²) in [5, 5.41) is 4.29. The maximum atomic E-state index is 6.40. The lowest BCUT2D eigenvalue weighted by Crippen LogP contribution is -1.80. The molecule has 4 heterocycles. The SMILES string of the molecule is c1ccc(-c2ccc3oc4c(ccc5c6cc(-c7ccc(-c8cn9ccccc9n8)cc7)ccc6oc54)c3c2)cc1. The van der Waals surface area contributed by atoms with Crippen LogP contribution in [0.5, 0.6) is 0 Å². The first kappa shape index (κ1) is 22.2. The molecule has 4 aromatic heterocycles. The van der Waals surface area contributed by atoms with Crippen molar-refractivity contribution in [1.82, 2.24) is 9.38 Å². The third-order valence-corrected chi connectivity index (χ3v) is 8.06. The molecule has 0 saturated carbocycles. The van der Waals surface area contributed by atoms with E-state index in [1.807, 2.05) is 34.9 Å². The molecule has 0 unspecified atom stereocenters. The number of furan rings is 2. The fourth-order valence-electron chi connectivity index (χ4n) is 5.97. The first-order valence-electron chi connectivity index (χ1n) is 13.7. The number of nitrogens with zero attached hydrogens (tertiary/aromatic N) is 2. The monoisotopic (exact) mass is 526 g/mol. The molecule has 0 bridgehead atoms. The van der Waals surface area contributed by atoms with Gasteiger partial charge in [0, 0.05) is 39.5 Å². The van der Waals surface area contributed by atoms with Crippen molar-refractivity contribution >= 4 is 49.5 Å². The summed E-state index contributed by atoms with van der Waals surface area (Å²) in [5.74, 6) is 0. The van der Waals surface area contributed by atoms with Crippen molar-refractivity contribution in [3.8, 4) is 33.5 Å². The van der Waals surface area contributed by atoms with Gasteiger partial charge in [0.05, 0.1) is 5.69 Å². The lowest BCUT2D eigenvalue weighted by atomic mass is 10.0. The van der Waals surface area contributed by atoms with Gasteiger partial charge in [-0.3, -0.25) is 0 Å². The summed E-state index contributed by atoms with van der Waals surface area (Å²) in [5.41, 5.74) is 10.9. The van der Waals surface area contributed by atoms with Crippen LogP contribution in [0.25, 0.3) is 83.0 Å². The van der Waals surface area contributed by atoms with Crippen LogP contribution in [-0.4, -0.2) is 9.38 Å². The second-order valence-corrected chi connectivity index (χ2v) is 10.5. The van der Waals surface area contributed by atoms with Crippen LogP contribution in [0.15, 0.2) is 143 Å². The highest BCUT2D eigenvalue weighted by Crippen LogP contribution is 2.40. The van der Waals surface area contributed by atoms with E-state index in [2.05, 4.69) is 103 Å². The average Bonchev–Trinajstić information content (AvgIpc) is 3.74. The van der Waals surface area contributed by atoms with Crippen molar-refractivity contribution in [2.24, 2.45) is 0 Å². The van der Waals surface area contributed by atoms with Gasteiger partial charge in [-0.1, -0.05) is 72.8 Å². The van der Waals surface area contributed by atoms with Crippen molar-refractivity contribution in [2.75, 3.05) is 0 Å². The zero-order valence-electron chi connectivity index (χ0n) is 21.9. The van der Waals surface area contributed by atoms with E-state index in [1.54, 1.807) is 0 Å². The Morgan fingerprint density at radius 1 is 0.463 bits per heavy atom. The molecule has 192 valence electrons. The second-order valence-electron chi connectivity index (χ2n) is 10.5. The van der Waals surface area contributed by atoms with E-state index in [9.17, 15) is 0 Å². The molecule has 0 spiro atoms. The Labute approximate surface area is 234 Å². The predicted octanol–water partition coefficient (Wildman–Crippen LogP) is 10.1. The summed E-state index contributed by atoms with van der Waals surface area (Å²) in [6, 6.07) is 42.1. The zero-order valence-corrected chi connectivity index (χ0v) is 21.9. The average molecular weight is 527 g/mol. The highest BCUT2D eigenvalue weighted by atomic mass is 16.4. The van der Waals surface area contributed by atoms with Crippen LogP contribution in [0.4, 0.5) is 0 Å². The van der Waals surface area contributed by atoms with Gasteiger partial charge in [-0.05, 0) is 70.8 Å². The van der Waals surface area contributed by atoms with Crippen molar-refractivity contribution in [2.45, 2.75) is 0 Å². The smallest absolute Gasteiger partial charge is 0.178 e. The van der Waals surface area contributed by atoms with Crippen LogP contribution >= 0.6 is 0 Å². The minimum absolute atomic E-state index is 0.786. The van der Waals surface area contributed by atoms with E-state index in [0.29, 0.717) is 0 Å². The maximum absolute atomic E-state index is 6.40. The largest absolute Gasteiger partial charge is 0.452 e. The van der Waals surface area contributed by atoms with E-state index in [0.717, 1.165) is 71.9 Å². The van der Waals surface area contributed by atoms with Gasteiger partial charge in [0.15, 0.2) is 11.2 Å². The Morgan fingerprint density at radius 3 is 1.66 bits per heavy atom. The normalized spacial score (nSPS) is 11.9. The molecule has 0 atom stereocenters. The first-order valence-corrected chi connectivity index (χ1v) is 13.7. The molecular weight excluding hydrogens is 504 g/mol. The fraction of sp³-hybridized carbons (Fsp3) is 0. The highest BCUT2D eigenvalue weighted by molar-refractivity contribution is 6.19. The molecule has 5 aromatic carbocycles. The first-order chi connectivity index (χ1) is 20.3. The lowest BCUT2D eigenvalue weighted by Gasteiger charge is -2.03. The van der Waals surface area contributed by atoms with Gasteiger partial charge in [-0.2, -0.15) is 0 Å². The molecule has 0 radical (unpaired) electrons. The summed E-state index contributed by atoms with van der Waals surface area (Å²) < 4.78 is 14.8. The standard InChI is InChI=1S/C37H22N2O2/c1-2-6-23(7-3-1)26-13-17-33-30(20-26)28-15-16-29-31-21-27(14-18-34(31)41-37(29)36(28)40-33)24-9-11-25(12-10-24)32-22-39-19-5-4-8-35(39)38-32/h1-22H. The van der Waals surface area contributed by atoms with Gasteiger partial charge in [0.25, 0.3) is 0 Å². The summed E-state index contributed by atoms with van der Waals surface area (Å²) in [7, 11) is 0. The quantitative estimate of drug-likeness (QED) is 0.230. The molecule has 0 aliphatic carbocycles. The Bertz CT molecular complexity index is 2380. The number of hydrogen-bond acceptors (Lipinski definition) is 3. The van der Waals surface area contributed by atoms with Gasteiger partial charge < -0.3 is 13.2 Å². The highest BCUT2D eigenvalue weighted by Gasteiger charge is 2.17. The van der Waals surface area contributed by atoms with Crippen LogP contribution in [0.3, 0.4) is 0 Å². The molecule has 9 aromatic rings. The Hall–Kier alpha value is -5.61. The number of pyridine rings is 1. The molecular formula is C37H22N2O2. The fourth-order valence-corrected chi connectivity index (χ4v) is 5.97. The number of rotatable bonds is 3. The van der Waals surface area contributed by atoms with Crippen LogP contribution in [0.1, 0.15) is 0 Å². The molecule has 0 N–H and O–H groups in total. The summed E-state index contributed by atoms with van der Waals surface area (Å²) in [6.45, 7) is 0. The van der Waals surface area contributed by atoms with Crippen molar-refractivity contribution in [3.05, 3.63) is 134 Å². The van der Waals surface area contributed by atoms with Crippen molar-refractivity contribution in [3.63, 3.8) is 0 Å². The van der Waals surface area contributed by atoms with E-state index in [-0.39, 0.29) is 0 Å². The van der Waals surface area contributed by atoms with E-state index >= 15 is 0 Å². The minimum Gasteiger partial charge on any atom is -0.452 e. The van der Waals surface area contributed by atoms with Crippen LogP contribution in [0.2, 0.25) is 0 Å². The van der Waals surface area contributed by atoms with Crippen molar-refractivity contribution < 1.29 is 8.83 Å². The van der Waals surface area contributed by atoms with E-state index < -0.39 is 0 Å². The maximum Gasteiger partial charge on any atom is 0.178 e. The van der Waals surface area contributed by atoms with Gasteiger partial charge >= 0.3 is 0 Å². The molecule has 0 amide bonds. The van der Waals surface area contributed by atoms with Crippen LogP contribution in [-0.2, 0) is 0 Å². The van der Waals surface area contributed by atoms with Gasteiger partial charge in [0.1, 0.15) is 16.8 Å². The summed E-state index contributed by atoms with van der Waals surface area (Å²) in [6.07, 6.45) is 4.08. The van der Waals surface area contributed by atoms with Crippen molar-refractivity contribution in [1.29, 1.82) is 0 Å². The molecule has 4 heteroatoms. The minimum atomic E-state index is 0.786. The number of aromatic nitrogens is 2. The number of imidazole rings is 1. The second kappa shape index (κ2) is 8.44. The summed E-state index contributed by atoms with van der Waals surface area (Å²) >= 11 is 0. The Balaban J connectivity index is 1.13. The Morgan fingerprint density at radius 2 is 1.02 bits per heavy atom. The predicted molar refractivity (Wildman–Crippen MR) is 166 cm³/mol. The van der Waals surface area contributed by atoms with Gasteiger partial charge in [0.2, 0.25) is 0 Å². The molecule has 41 heavy (non-hydrogen) atoms. The number of benzene rings is 5. The van der Waals surface area contributed by atoms with Gasteiger partial charge in [-0.25, -0.2) is 4.98 Å². The zero-order chi connectivity index (χ0) is 26.9. The molecule has 0 aliphatic rings.